The zero-order valence-electron chi connectivity index (χ0n) is 16.3. The van der Waals surface area contributed by atoms with Gasteiger partial charge in [-0.05, 0) is 54.4 Å². The number of nitrogens with one attached hydrogen (secondary N) is 1. The molecular weight excluding hydrogens is 479 g/mol. The normalized spacial score (nSPS) is 11.5. The monoisotopic (exact) mass is 496 g/mol. The molecule has 0 spiro atoms. The third-order valence-corrected chi connectivity index (χ3v) is 7.27. The van der Waals surface area contributed by atoms with Crippen molar-refractivity contribution in [1.29, 1.82) is 0 Å². The van der Waals surface area contributed by atoms with Gasteiger partial charge in [0, 0.05) is 22.3 Å². The quantitative estimate of drug-likeness (QED) is 0.446. The lowest BCUT2D eigenvalue weighted by Gasteiger charge is -2.22. The molecule has 162 valence electrons. The van der Waals surface area contributed by atoms with Crippen molar-refractivity contribution in [1.82, 2.24) is 4.31 Å². The van der Waals surface area contributed by atoms with Crippen LogP contribution in [0.1, 0.15) is 5.56 Å². The van der Waals surface area contributed by atoms with Crippen LogP contribution >= 0.6 is 34.8 Å². The Balaban J connectivity index is 1.85. The molecule has 0 fully saturated rings. The Hall–Kier alpha value is -2.09. The third kappa shape index (κ3) is 6.45. The molecule has 0 aliphatic carbocycles. The van der Waals surface area contributed by atoms with Crippen LogP contribution in [-0.2, 0) is 21.2 Å². The number of carbonyl (C=O) groups is 1. The molecule has 0 aromatic heterocycles. The van der Waals surface area contributed by atoms with Gasteiger partial charge in [0.05, 0.1) is 11.6 Å². The Morgan fingerprint density at radius 3 is 2.19 bits per heavy atom. The van der Waals surface area contributed by atoms with E-state index >= 15 is 0 Å². The van der Waals surface area contributed by atoms with E-state index < -0.39 is 15.9 Å². The highest BCUT2D eigenvalue weighted by Gasteiger charge is 2.29. The number of hydrogen-bond donors (Lipinski definition) is 1. The van der Waals surface area contributed by atoms with Crippen molar-refractivity contribution in [3.05, 3.63) is 93.4 Å². The summed E-state index contributed by atoms with van der Waals surface area (Å²) in [6, 6.07) is 20.1. The fourth-order valence-electron chi connectivity index (χ4n) is 2.89. The maximum absolute atomic E-state index is 13.3. The van der Waals surface area contributed by atoms with Crippen LogP contribution in [0.2, 0.25) is 15.1 Å². The van der Waals surface area contributed by atoms with E-state index in [0.717, 1.165) is 9.87 Å². The van der Waals surface area contributed by atoms with Gasteiger partial charge in [-0.2, -0.15) is 4.31 Å². The summed E-state index contributed by atoms with van der Waals surface area (Å²) in [6.07, 6.45) is 0.423. The average molecular weight is 498 g/mol. The van der Waals surface area contributed by atoms with E-state index in [1.807, 2.05) is 30.3 Å². The van der Waals surface area contributed by atoms with E-state index in [1.165, 1.54) is 18.2 Å². The Morgan fingerprint density at radius 1 is 0.871 bits per heavy atom. The van der Waals surface area contributed by atoms with E-state index in [-0.39, 0.29) is 28.0 Å². The molecule has 0 heterocycles. The van der Waals surface area contributed by atoms with Crippen LogP contribution < -0.4 is 5.32 Å². The van der Waals surface area contributed by atoms with Gasteiger partial charge in [-0.1, -0.05) is 65.1 Å². The number of halogens is 3. The molecule has 0 bridgehead atoms. The first kappa shape index (κ1) is 23.6. The minimum absolute atomic E-state index is 0.0345. The second kappa shape index (κ2) is 10.5. The molecule has 31 heavy (non-hydrogen) atoms. The van der Waals surface area contributed by atoms with Crippen molar-refractivity contribution < 1.29 is 13.2 Å². The smallest absolute Gasteiger partial charge is 0.245 e. The topological polar surface area (TPSA) is 66.5 Å². The first-order valence-electron chi connectivity index (χ1n) is 9.30. The molecule has 0 saturated heterocycles. The van der Waals surface area contributed by atoms with Crippen LogP contribution in [0.5, 0.6) is 0 Å². The molecule has 9 heteroatoms. The lowest BCUT2D eigenvalue weighted by molar-refractivity contribution is -0.116. The van der Waals surface area contributed by atoms with Crippen molar-refractivity contribution in [3.8, 4) is 0 Å². The molecule has 1 amide bonds. The Labute approximate surface area is 196 Å². The molecule has 0 atom stereocenters. The van der Waals surface area contributed by atoms with E-state index in [4.69, 9.17) is 34.8 Å². The van der Waals surface area contributed by atoms with Crippen LogP contribution in [0.25, 0.3) is 0 Å². The first-order chi connectivity index (χ1) is 14.8. The van der Waals surface area contributed by atoms with Gasteiger partial charge in [-0.3, -0.25) is 4.79 Å². The highest BCUT2D eigenvalue weighted by molar-refractivity contribution is 7.89. The minimum Gasteiger partial charge on any atom is -0.325 e. The number of nitrogens with zero attached hydrogens (tertiary/aromatic N) is 1. The van der Waals surface area contributed by atoms with Crippen LogP contribution in [0.15, 0.2) is 77.7 Å². The van der Waals surface area contributed by atoms with Gasteiger partial charge in [0.25, 0.3) is 0 Å². The number of anilines is 1. The van der Waals surface area contributed by atoms with E-state index in [2.05, 4.69) is 5.32 Å². The van der Waals surface area contributed by atoms with Gasteiger partial charge < -0.3 is 5.32 Å². The fraction of sp³-hybridized carbons (Fsp3) is 0.136. The summed E-state index contributed by atoms with van der Waals surface area (Å²) >= 11 is 18.0. The molecule has 3 aromatic rings. The van der Waals surface area contributed by atoms with Crippen molar-refractivity contribution in [2.45, 2.75) is 11.3 Å². The molecular formula is C22H19Cl3N2O3S. The molecule has 0 aliphatic rings. The number of carbonyl (C=O) groups excluding carboxylic acids is 1. The second-order valence-electron chi connectivity index (χ2n) is 6.70. The van der Waals surface area contributed by atoms with Crippen LogP contribution in [-0.4, -0.2) is 31.7 Å². The Morgan fingerprint density at radius 2 is 1.52 bits per heavy atom. The number of rotatable bonds is 8. The third-order valence-electron chi connectivity index (χ3n) is 4.45. The SMILES string of the molecule is O=C(CN(CCc1ccccc1)S(=O)(=O)c1cc(Cl)ccc1Cl)Nc1ccc(Cl)cc1. The number of amides is 1. The van der Waals surface area contributed by atoms with Gasteiger partial charge in [0.2, 0.25) is 15.9 Å². The molecule has 3 rings (SSSR count). The summed E-state index contributed by atoms with van der Waals surface area (Å²) in [6.45, 7) is -0.302. The second-order valence-corrected chi connectivity index (χ2v) is 9.89. The highest BCUT2D eigenvalue weighted by atomic mass is 35.5. The highest BCUT2D eigenvalue weighted by Crippen LogP contribution is 2.28. The zero-order valence-corrected chi connectivity index (χ0v) is 19.3. The van der Waals surface area contributed by atoms with Crippen molar-refractivity contribution in [2.75, 3.05) is 18.4 Å². The average Bonchev–Trinajstić information content (AvgIpc) is 2.75. The lowest BCUT2D eigenvalue weighted by atomic mass is 10.1. The molecule has 0 radical (unpaired) electrons. The van der Waals surface area contributed by atoms with E-state index in [1.54, 1.807) is 24.3 Å². The number of sulfonamides is 1. The van der Waals surface area contributed by atoms with Gasteiger partial charge in [0.1, 0.15) is 4.90 Å². The summed E-state index contributed by atoms with van der Waals surface area (Å²) in [5.74, 6) is -0.489. The van der Waals surface area contributed by atoms with Gasteiger partial charge in [0.15, 0.2) is 0 Å². The number of benzene rings is 3. The van der Waals surface area contributed by atoms with Crippen molar-refractivity contribution in [2.24, 2.45) is 0 Å². The Bertz CT molecular complexity index is 1150. The van der Waals surface area contributed by atoms with Crippen LogP contribution in [0.3, 0.4) is 0 Å². The fourth-order valence-corrected chi connectivity index (χ4v) is 5.15. The molecule has 1 N–H and O–H groups in total. The van der Waals surface area contributed by atoms with Gasteiger partial charge in [-0.25, -0.2) is 8.42 Å². The predicted molar refractivity (Wildman–Crippen MR) is 125 cm³/mol. The Kier molecular flexibility index (Phi) is 7.97. The van der Waals surface area contributed by atoms with E-state index in [0.29, 0.717) is 17.1 Å². The standard InChI is InChI=1S/C22H19Cl3N2O3S/c23-17-6-9-19(10-7-17)26-22(28)15-27(13-12-16-4-2-1-3-5-16)31(29,30)21-14-18(24)8-11-20(21)25/h1-11,14H,12-13,15H2,(H,26,28). The maximum Gasteiger partial charge on any atom is 0.245 e. The largest absolute Gasteiger partial charge is 0.325 e. The zero-order chi connectivity index (χ0) is 22.4. The summed E-state index contributed by atoms with van der Waals surface area (Å²) < 4.78 is 27.8. The summed E-state index contributed by atoms with van der Waals surface area (Å²) in [4.78, 5) is 12.5. The molecule has 3 aromatic carbocycles. The molecule has 0 aliphatic heterocycles. The predicted octanol–water partition coefficient (Wildman–Crippen LogP) is 5.52. The number of hydrogen-bond acceptors (Lipinski definition) is 3. The van der Waals surface area contributed by atoms with Crippen LogP contribution in [0.4, 0.5) is 5.69 Å². The maximum atomic E-state index is 13.3. The summed E-state index contributed by atoms with van der Waals surface area (Å²) in [5, 5.41) is 3.48. The molecule has 5 nitrogen and oxygen atoms in total. The first-order valence-corrected chi connectivity index (χ1v) is 11.9. The van der Waals surface area contributed by atoms with Gasteiger partial charge >= 0.3 is 0 Å². The van der Waals surface area contributed by atoms with Crippen molar-refractivity contribution >= 4 is 56.4 Å². The van der Waals surface area contributed by atoms with E-state index in [9.17, 15) is 13.2 Å². The molecule has 0 saturated carbocycles. The van der Waals surface area contributed by atoms with Crippen LogP contribution in [0, 0.1) is 0 Å². The molecule has 0 unspecified atom stereocenters. The van der Waals surface area contributed by atoms with Crippen molar-refractivity contribution in [3.63, 3.8) is 0 Å². The summed E-state index contributed by atoms with van der Waals surface area (Å²) in [5.41, 5.74) is 1.45. The minimum atomic E-state index is -4.08. The lowest BCUT2D eigenvalue weighted by Crippen LogP contribution is -2.39. The van der Waals surface area contributed by atoms with Gasteiger partial charge in [-0.15, -0.1) is 0 Å². The summed E-state index contributed by atoms with van der Waals surface area (Å²) in [7, 11) is -4.08.